The van der Waals surface area contributed by atoms with E-state index in [-0.39, 0.29) is 10.5 Å². The van der Waals surface area contributed by atoms with Crippen molar-refractivity contribution in [2.75, 3.05) is 19.4 Å². The summed E-state index contributed by atoms with van der Waals surface area (Å²) < 4.78 is 27.4. The number of carbonyl (C=O) groups is 1. The Balaban J connectivity index is 1.79. The third-order valence-electron chi connectivity index (χ3n) is 4.29. The zero-order chi connectivity index (χ0) is 20.3. The first-order valence-corrected chi connectivity index (χ1v) is 10.1. The van der Waals surface area contributed by atoms with Crippen molar-refractivity contribution in [1.29, 1.82) is 0 Å². The molecule has 1 amide bonds. The molecule has 2 aromatic carbocycles. The van der Waals surface area contributed by atoms with Crippen LogP contribution < -0.4 is 5.32 Å². The predicted molar refractivity (Wildman–Crippen MR) is 108 cm³/mol. The van der Waals surface area contributed by atoms with Gasteiger partial charge in [0.2, 0.25) is 10.0 Å². The fourth-order valence-electron chi connectivity index (χ4n) is 2.63. The van der Waals surface area contributed by atoms with E-state index >= 15 is 0 Å². The van der Waals surface area contributed by atoms with E-state index in [0.717, 1.165) is 9.87 Å². The molecule has 0 aliphatic heterocycles. The number of anilines is 1. The van der Waals surface area contributed by atoms with Crippen molar-refractivity contribution in [3.05, 3.63) is 77.5 Å². The number of hydrogen-bond donors (Lipinski definition) is 1. The molecular formula is C20H22N4O3S. The van der Waals surface area contributed by atoms with Gasteiger partial charge in [-0.2, -0.15) is 5.10 Å². The highest BCUT2D eigenvalue weighted by molar-refractivity contribution is 7.89. The minimum Gasteiger partial charge on any atom is -0.307 e. The molecule has 0 fully saturated rings. The number of sulfonamides is 1. The van der Waals surface area contributed by atoms with Gasteiger partial charge in [-0.25, -0.2) is 17.4 Å². The second-order valence-electron chi connectivity index (χ2n) is 6.63. The number of carbonyl (C=O) groups excluding carboxylic acids is 1. The van der Waals surface area contributed by atoms with Crippen LogP contribution in [0.1, 0.15) is 21.5 Å². The van der Waals surface area contributed by atoms with Gasteiger partial charge in [0.1, 0.15) is 5.82 Å². The number of nitrogens with zero attached hydrogens (tertiary/aromatic N) is 3. The summed E-state index contributed by atoms with van der Waals surface area (Å²) in [5, 5.41) is 7.06. The predicted octanol–water partition coefficient (Wildman–Crippen LogP) is 2.74. The lowest BCUT2D eigenvalue weighted by Gasteiger charge is -2.13. The molecule has 1 heterocycles. The van der Waals surface area contributed by atoms with Gasteiger partial charge in [0.25, 0.3) is 5.91 Å². The Morgan fingerprint density at radius 1 is 1.11 bits per heavy atom. The first-order valence-electron chi connectivity index (χ1n) is 8.68. The van der Waals surface area contributed by atoms with Crippen molar-refractivity contribution in [1.82, 2.24) is 14.1 Å². The van der Waals surface area contributed by atoms with Gasteiger partial charge in [-0.3, -0.25) is 4.79 Å². The number of nitrogens with one attached hydrogen (secondary N) is 1. The molecule has 0 bridgehead atoms. The normalized spacial score (nSPS) is 11.6. The Morgan fingerprint density at radius 3 is 2.50 bits per heavy atom. The highest BCUT2D eigenvalue weighted by atomic mass is 32.2. The third-order valence-corrected chi connectivity index (χ3v) is 6.10. The molecule has 0 atom stereocenters. The van der Waals surface area contributed by atoms with Gasteiger partial charge in [0.15, 0.2) is 0 Å². The van der Waals surface area contributed by atoms with Crippen molar-refractivity contribution in [2.45, 2.75) is 18.4 Å². The zero-order valence-corrected chi connectivity index (χ0v) is 16.8. The monoisotopic (exact) mass is 398 g/mol. The van der Waals surface area contributed by atoms with E-state index < -0.39 is 15.9 Å². The molecule has 0 saturated carbocycles. The van der Waals surface area contributed by atoms with Crippen LogP contribution in [-0.4, -0.2) is 42.5 Å². The summed E-state index contributed by atoms with van der Waals surface area (Å²) in [6, 6.07) is 15.7. The molecule has 146 valence electrons. The lowest BCUT2D eigenvalue weighted by Crippen LogP contribution is -2.23. The summed E-state index contributed by atoms with van der Waals surface area (Å²) in [5.74, 6) is 0.132. The largest absolute Gasteiger partial charge is 0.307 e. The number of amides is 1. The van der Waals surface area contributed by atoms with Crippen LogP contribution in [0.15, 0.2) is 65.7 Å². The SMILES string of the molecule is Cc1ccc(Cn2nccc2NC(=O)c2cccc(S(=O)(=O)N(C)C)c2)cc1. The van der Waals surface area contributed by atoms with E-state index in [9.17, 15) is 13.2 Å². The molecule has 1 aromatic heterocycles. The summed E-state index contributed by atoms with van der Waals surface area (Å²) >= 11 is 0. The Hall–Kier alpha value is -2.97. The lowest BCUT2D eigenvalue weighted by atomic mass is 10.1. The maximum absolute atomic E-state index is 12.6. The van der Waals surface area contributed by atoms with Gasteiger partial charge in [-0.1, -0.05) is 35.9 Å². The first kappa shape index (κ1) is 19.8. The maximum atomic E-state index is 12.6. The number of aryl methyl sites for hydroxylation is 1. The Labute approximate surface area is 164 Å². The standard InChI is InChI=1S/C20H22N4O3S/c1-15-7-9-16(10-8-15)14-24-19(11-12-21-24)22-20(25)17-5-4-6-18(13-17)28(26,27)23(2)3/h4-13H,14H2,1-3H3,(H,22,25). The Kier molecular flexibility index (Phi) is 5.62. The van der Waals surface area contributed by atoms with E-state index in [1.807, 2.05) is 31.2 Å². The van der Waals surface area contributed by atoms with E-state index in [4.69, 9.17) is 0 Å². The molecule has 28 heavy (non-hydrogen) atoms. The number of benzene rings is 2. The summed E-state index contributed by atoms with van der Waals surface area (Å²) in [6.45, 7) is 2.53. The average Bonchev–Trinajstić information content (AvgIpc) is 3.10. The van der Waals surface area contributed by atoms with Gasteiger partial charge >= 0.3 is 0 Å². The summed E-state index contributed by atoms with van der Waals surface area (Å²) in [4.78, 5) is 12.7. The second kappa shape index (κ2) is 7.95. The van der Waals surface area contributed by atoms with Crippen LogP contribution in [0, 0.1) is 6.92 Å². The number of hydrogen-bond acceptors (Lipinski definition) is 4. The lowest BCUT2D eigenvalue weighted by molar-refractivity contribution is 0.102. The molecule has 0 saturated heterocycles. The molecule has 3 aromatic rings. The van der Waals surface area contributed by atoms with Gasteiger partial charge in [0.05, 0.1) is 17.6 Å². The number of aromatic nitrogens is 2. The smallest absolute Gasteiger partial charge is 0.256 e. The van der Waals surface area contributed by atoms with E-state index in [1.54, 1.807) is 29.1 Å². The van der Waals surface area contributed by atoms with E-state index in [2.05, 4.69) is 10.4 Å². The van der Waals surface area contributed by atoms with E-state index in [1.165, 1.54) is 31.8 Å². The highest BCUT2D eigenvalue weighted by Gasteiger charge is 2.19. The van der Waals surface area contributed by atoms with Crippen LogP contribution in [0.5, 0.6) is 0 Å². The summed E-state index contributed by atoms with van der Waals surface area (Å²) in [5.41, 5.74) is 2.49. The fourth-order valence-corrected chi connectivity index (χ4v) is 3.58. The Bertz CT molecular complexity index is 1090. The fraction of sp³-hybridized carbons (Fsp3) is 0.200. The number of rotatable bonds is 6. The van der Waals surface area contributed by atoms with Gasteiger partial charge in [-0.15, -0.1) is 0 Å². The first-order chi connectivity index (χ1) is 13.3. The summed E-state index contributed by atoms with van der Waals surface area (Å²) in [7, 11) is -0.711. The van der Waals surface area contributed by atoms with Crippen LogP contribution in [0.4, 0.5) is 5.82 Å². The van der Waals surface area contributed by atoms with E-state index in [0.29, 0.717) is 12.4 Å². The molecule has 1 N–H and O–H groups in total. The highest BCUT2D eigenvalue weighted by Crippen LogP contribution is 2.17. The van der Waals surface area contributed by atoms with Crippen LogP contribution in [-0.2, 0) is 16.6 Å². The summed E-state index contributed by atoms with van der Waals surface area (Å²) in [6.07, 6.45) is 1.61. The van der Waals surface area contributed by atoms with Crippen molar-refractivity contribution in [2.24, 2.45) is 0 Å². The minimum absolute atomic E-state index is 0.0679. The molecule has 7 nitrogen and oxygen atoms in total. The van der Waals surface area contributed by atoms with Crippen LogP contribution >= 0.6 is 0 Å². The van der Waals surface area contributed by atoms with Crippen LogP contribution in [0.3, 0.4) is 0 Å². The van der Waals surface area contributed by atoms with Gasteiger partial charge in [0, 0.05) is 25.7 Å². The molecule has 3 rings (SSSR count). The van der Waals surface area contributed by atoms with Crippen molar-refractivity contribution in [3.8, 4) is 0 Å². The Morgan fingerprint density at radius 2 is 1.82 bits per heavy atom. The van der Waals surface area contributed by atoms with Gasteiger partial charge in [-0.05, 0) is 30.7 Å². The maximum Gasteiger partial charge on any atom is 0.256 e. The van der Waals surface area contributed by atoms with Crippen molar-refractivity contribution in [3.63, 3.8) is 0 Å². The average molecular weight is 398 g/mol. The molecule has 0 aliphatic rings. The molecule has 0 spiro atoms. The molecule has 0 radical (unpaired) electrons. The van der Waals surface area contributed by atoms with Crippen molar-refractivity contribution >= 4 is 21.7 Å². The molecule has 8 heteroatoms. The third kappa shape index (κ3) is 4.29. The van der Waals surface area contributed by atoms with Crippen LogP contribution in [0.25, 0.3) is 0 Å². The minimum atomic E-state index is -3.61. The van der Waals surface area contributed by atoms with Crippen LogP contribution in [0.2, 0.25) is 0 Å². The molecule has 0 aliphatic carbocycles. The molecular weight excluding hydrogens is 376 g/mol. The quantitative estimate of drug-likeness (QED) is 0.692. The second-order valence-corrected chi connectivity index (χ2v) is 8.78. The van der Waals surface area contributed by atoms with Crippen molar-refractivity contribution < 1.29 is 13.2 Å². The zero-order valence-electron chi connectivity index (χ0n) is 16.0. The van der Waals surface area contributed by atoms with Gasteiger partial charge < -0.3 is 5.32 Å². The molecule has 0 unspecified atom stereocenters. The topological polar surface area (TPSA) is 84.3 Å².